The molecule has 0 bridgehead atoms. The Labute approximate surface area is 308 Å². The Morgan fingerprint density at radius 2 is 1.50 bits per heavy atom. The predicted molar refractivity (Wildman–Crippen MR) is 198 cm³/mol. The molecule has 1 aliphatic heterocycles. The quantitative estimate of drug-likeness (QED) is 0.0446. The first-order valence-corrected chi connectivity index (χ1v) is 17.0. The number of halogens is 4. The molecule has 15 heteroatoms. The average molecular weight is 832 g/mol. The number of anilines is 2. The first-order valence-electron chi connectivity index (χ1n) is 15.4. The van der Waals surface area contributed by atoms with E-state index in [4.69, 9.17) is 25.1 Å². The van der Waals surface area contributed by atoms with Crippen LogP contribution in [0.1, 0.15) is 25.0 Å². The number of rotatable bonds is 12. The van der Waals surface area contributed by atoms with E-state index in [9.17, 15) is 24.0 Å². The molecule has 0 aliphatic carbocycles. The standard InChI is InChI=1S/C16H18BrFN2O2.C10H12O2.C6H4BrFN2O2.C2H6.CH4O/c17-13-6-15(19)14(18)7-16(13)20-8-12(21)10-22-9-11-4-2-1-3-5-11;1-2-4-9(5-3-1)6-11-7-10-8-12-10;7-3-1-6(10(11)12)4(8)2-5(3)9;2*1-2/h1-7,12,20-21H,8-10,19H2;1-5,10H,6-8H2;1-2H,9H2;1-2H3;2H,1H3/p+1/t12-;10-;;;/m10.../s1. The SMILES string of the molecule is CC.CO.Nc1cc(F)c([N+](=O)[O-])cc1Br.[NH3+]c1cc(Br)c(NC[C@@H](O)COCc2ccccc2)cc1F.c1ccc(COC[C@H]2CO2)cc1. The Hall–Kier alpha value is -3.54. The molecule has 4 aromatic rings. The molecule has 50 heavy (non-hydrogen) atoms. The first kappa shape index (κ1) is 44.5. The molecule has 0 amide bonds. The summed E-state index contributed by atoms with van der Waals surface area (Å²) in [6, 6.07) is 24.8. The number of nitro groups is 1. The van der Waals surface area contributed by atoms with Gasteiger partial charge in [0.1, 0.15) is 6.10 Å². The number of nitro benzene ring substituents is 1. The number of nitrogen functional groups attached to an aromatic ring is 1. The molecule has 2 atom stereocenters. The van der Waals surface area contributed by atoms with Crippen molar-refractivity contribution < 1.29 is 43.9 Å². The number of nitrogens with zero attached hydrogens (tertiary/aromatic N) is 1. The number of hydrogen-bond donors (Lipinski definition) is 5. The summed E-state index contributed by atoms with van der Waals surface area (Å²) in [7, 11) is 1.00. The van der Waals surface area contributed by atoms with Crippen LogP contribution in [0.3, 0.4) is 0 Å². The molecule has 0 radical (unpaired) electrons. The Bertz CT molecular complexity index is 1540. The van der Waals surface area contributed by atoms with Crippen molar-refractivity contribution in [3.05, 3.63) is 127 Å². The van der Waals surface area contributed by atoms with Crippen molar-refractivity contribution in [3.8, 4) is 0 Å². The lowest BCUT2D eigenvalue weighted by molar-refractivity contribution is -0.387. The molecule has 1 fully saturated rings. The number of quaternary nitrogens is 1. The smallest absolute Gasteiger partial charge is 0.306 e. The highest BCUT2D eigenvalue weighted by atomic mass is 79.9. The van der Waals surface area contributed by atoms with Gasteiger partial charge in [0.05, 0.1) is 49.7 Å². The molecular weight excluding hydrogens is 786 g/mol. The van der Waals surface area contributed by atoms with Gasteiger partial charge in [-0.15, -0.1) is 0 Å². The molecule has 1 saturated heterocycles. The van der Waals surface area contributed by atoms with E-state index in [-0.39, 0.29) is 24.7 Å². The molecule has 0 spiro atoms. The summed E-state index contributed by atoms with van der Waals surface area (Å²) in [6.07, 6.45) is -0.313. The van der Waals surface area contributed by atoms with E-state index < -0.39 is 22.5 Å². The fourth-order valence-corrected chi connectivity index (χ4v) is 4.50. The number of benzene rings is 4. The number of aliphatic hydroxyl groups is 2. The van der Waals surface area contributed by atoms with Crippen LogP contribution in [-0.4, -0.2) is 60.8 Å². The first-order chi connectivity index (χ1) is 24.0. The Morgan fingerprint density at radius 1 is 0.960 bits per heavy atom. The molecule has 0 aromatic heterocycles. The third-order valence-corrected chi connectivity index (χ3v) is 7.51. The van der Waals surface area contributed by atoms with Gasteiger partial charge in [-0.2, -0.15) is 4.39 Å². The molecule has 11 nitrogen and oxygen atoms in total. The van der Waals surface area contributed by atoms with E-state index in [1.807, 2.05) is 62.4 Å². The van der Waals surface area contributed by atoms with Crippen LogP contribution in [0.15, 0.2) is 93.9 Å². The Kier molecular flexibility index (Phi) is 22.6. The summed E-state index contributed by atoms with van der Waals surface area (Å²) < 4.78 is 43.1. The summed E-state index contributed by atoms with van der Waals surface area (Å²) in [4.78, 5) is 9.38. The minimum absolute atomic E-state index is 0.137. The van der Waals surface area contributed by atoms with E-state index in [1.54, 1.807) is 6.07 Å². The zero-order valence-corrected chi connectivity index (χ0v) is 31.3. The predicted octanol–water partition coefficient (Wildman–Crippen LogP) is 6.77. The number of hydrogen-bond acceptors (Lipinski definition) is 9. The summed E-state index contributed by atoms with van der Waals surface area (Å²) in [6.45, 7) is 7.22. The summed E-state index contributed by atoms with van der Waals surface area (Å²) in [5.74, 6) is -1.32. The van der Waals surface area contributed by atoms with Gasteiger partial charge in [-0.1, -0.05) is 74.5 Å². The van der Waals surface area contributed by atoms with Crippen molar-refractivity contribution >= 4 is 54.6 Å². The molecule has 8 N–H and O–H groups in total. The maximum atomic E-state index is 13.5. The molecule has 5 rings (SSSR count). The molecule has 0 saturated carbocycles. The summed E-state index contributed by atoms with van der Waals surface area (Å²) in [5.41, 5.74) is 11.6. The van der Waals surface area contributed by atoms with Crippen LogP contribution in [0.4, 0.5) is 31.5 Å². The monoisotopic (exact) mass is 829 g/mol. The fraction of sp³-hybridized carbons (Fsp3) is 0.314. The number of aliphatic hydroxyl groups excluding tert-OH is 2. The van der Waals surface area contributed by atoms with Crippen molar-refractivity contribution in [2.45, 2.75) is 39.3 Å². The summed E-state index contributed by atoms with van der Waals surface area (Å²) >= 11 is 6.28. The van der Waals surface area contributed by atoms with E-state index in [0.29, 0.717) is 39.6 Å². The van der Waals surface area contributed by atoms with Crippen molar-refractivity contribution in [1.82, 2.24) is 0 Å². The number of nitrogens with one attached hydrogen (secondary N) is 1. The second-order valence-electron chi connectivity index (χ2n) is 10.00. The van der Waals surface area contributed by atoms with E-state index in [1.165, 1.54) is 11.6 Å². The van der Waals surface area contributed by atoms with Crippen LogP contribution in [-0.2, 0) is 27.4 Å². The van der Waals surface area contributed by atoms with Gasteiger partial charge in [-0.25, -0.2) is 4.39 Å². The third kappa shape index (κ3) is 17.9. The minimum atomic E-state index is -0.930. The van der Waals surface area contributed by atoms with Gasteiger partial charge >= 0.3 is 5.69 Å². The molecule has 1 aliphatic rings. The van der Waals surface area contributed by atoms with Gasteiger partial charge in [0.15, 0.2) is 11.5 Å². The van der Waals surface area contributed by atoms with E-state index in [0.717, 1.165) is 38.0 Å². The topological polar surface area (TPSA) is 180 Å². The normalized spacial score (nSPS) is 13.0. The molecule has 4 aromatic carbocycles. The number of epoxide rings is 1. The van der Waals surface area contributed by atoms with E-state index in [2.05, 4.69) is 55.0 Å². The second kappa shape index (κ2) is 25.4. The van der Waals surface area contributed by atoms with Gasteiger partial charge in [0.2, 0.25) is 5.82 Å². The Morgan fingerprint density at radius 3 is 2.02 bits per heavy atom. The second-order valence-corrected chi connectivity index (χ2v) is 11.7. The third-order valence-electron chi connectivity index (χ3n) is 6.17. The van der Waals surface area contributed by atoms with Crippen molar-refractivity contribution in [2.75, 3.05) is 44.5 Å². The highest BCUT2D eigenvalue weighted by Crippen LogP contribution is 2.28. The largest absolute Gasteiger partial charge is 0.400 e. The number of ether oxygens (including phenoxy) is 3. The molecule has 0 unspecified atom stereocenters. The number of nitrogens with two attached hydrogens (primary N) is 1. The lowest BCUT2D eigenvalue weighted by Crippen LogP contribution is -2.41. The van der Waals surface area contributed by atoms with Gasteiger partial charge < -0.3 is 41.2 Å². The van der Waals surface area contributed by atoms with Crippen LogP contribution in [0.2, 0.25) is 0 Å². The Balaban J connectivity index is 0.000000380. The van der Waals surface area contributed by atoms with Crippen LogP contribution >= 0.6 is 31.9 Å². The lowest BCUT2D eigenvalue weighted by Gasteiger charge is -2.14. The van der Waals surface area contributed by atoms with Crippen LogP contribution in [0.5, 0.6) is 0 Å². The highest BCUT2D eigenvalue weighted by molar-refractivity contribution is 9.11. The van der Waals surface area contributed by atoms with Crippen LogP contribution in [0.25, 0.3) is 0 Å². The maximum absolute atomic E-state index is 13.5. The molecule has 274 valence electrons. The molecular formula is C35H45Br2F2N4O7+. The zero-order valence-electron chi connectivity index (χ0n) is 28.2. The van der Waals surface area contributed by atoms with Crippen molar-refractivity contribution in [3.63, 3.8) is 0 Å². The van der Waals surface area contributed by atoms with Gasteiger partial charge in [0, 0.05) is 52.6 Å². The molecule has 1 heterocycles. The lowest BCUT2D eigenvalue weighted by atomic mass is 10.2. The highest BCUT2D eigenvalue weighted by Gasteiger charge is 2.22. The minimum Gasteiger partial charge on any atom is -0.400 e. The van der Waals surface area contributed by atoms with Gasteiger partial charge in [0.25, 0.3) is 0 Å². The van der Waals surface area contributed by atoms with Crippen LogP contribution in [0, 0.1) is 21.7 Å². The zero-order chi connectivity index (χ0) is 37.5. The van der Waals surface area contributed by atoms with Crippen molar-refractivity contribution in [1.29, 1.82) is 0 Å². The van der Waals surface area contributed by atoms with Crippen LogP contribution < -0.4 is 16.8 Å². The van der Waals surface area contributed by atoms with Gasteiger partial charge in [-0.05, 0) is 43.0 Å². The summed E-state index contributed by atoms with van der Waals surface area (Å²) in [5, 5.41) is 30.1. The fourth-order valence-electron chi connectivity index (χ4n) is 3.64. The average Bonchev–Trinajstić information content (AvgIpc) is 3.95. The van der Waals surface area contributed by atoms with Gasteiger partial charge in [-0.3, -0.25) is 10.1 Å². The van der Waals surface area contributed by atoms with Crippen molar-refractivity contribution in [2.24, 2.45) is 0 Å². The van der Waals surface area contributed by atoms with E-state index >= 15 is 0 Å². The maximum Gasteiger partial charge on any atom is 0.306 e.